The Hall–Kier alpha value is -2.15. The SMILES string of the molecule is COc1cc(N2CCN(CC(C)NC(=O)O)CC2)ccc1N. The van der Waals surface area contributed by atoms with E-state index < -0.39 is 6.09 Å². The molecule has 1 aliphatic heterocycles. The van der Waals surface area contributed by atoms with E-state index in [0.717, 1.165) is 38.4 Å². The average Bonchev–Trinajstić information content (AvgIpc) is 2.48. The van der Waals surface area contributed by atoms with Gasteiger partial charge in [0.2, 0.25) is 0 Å². The standard InChI is InChI=1S/C15H24N4O3/c1-11(17-15(20)21)10-18-5-7-19(8-6-18)12-3-4-13(16)14(9-12)22-2/h3-4,9,11,17H,5-8,10,16H2,1-2H3,(H,20,21). The third-order valence-electron chi connectivity index (χ3n) is 3.86. The van der Waals surface area contributed by atoms with Crippen LogP contribution in [0.5, 0.6) is 5.75 Å². The number of carboxylic acid groups (broad SMARTS) is 1. The highest BCUT2D eigenvalue weighted by atomic mass is 16.5. The Morgan fingerprint density at radius 3 is 2.68 bits per heavy atom. The van der Waals surface area contributed by atoms with Crippen LogP contribution < -0.4 is 20.7 Å². The Kier molecular flexibility index (Phi) is 5.32. The van der Waals surface area contributed by atoms with Crippen molar-refractivity contribution in [3.63, 3.8) is 0 Å². The lowest BCUT2D eigenvalue weighted by atomic mass is 10.2. The van der Waals surface area contributed by atoms with Gasteiger partial charge in [-0.1, -0.05) is 0 Å². The zero-order valence-corrected chi connectivity index (χ0v) is 13.1. The van der Waals surface area contributed by atoms with Gasteiger partial charge < -0.3 is 25.8 Å². The van der Waals surface area contributed by atoms with Gasteiger partial charge in [0.15, 0.2) is 0 Å². The van der Waals surface area contributed by atoms with Crippen molar-refractivity contribution >= 4 is 17.5 Å². The number of benzene rings is 1. The minimum atomic E-state index is -0.972. The summed E-state index contributed by atoms with van der Waals surface area (Å²) in [6.45, 7) is 6.20. The predicted molar refractivity (Wildman–Crippen MR) is 86.7 cm³/mol. The number of piperazine rings is 1. The third kappa shape index (κ3) is 4.17. The summed E-state index contributed by atoms with van der Waals surface area (Å²) in [6.07, 6.45) is -0.972. The van der Waals surface area contributed by atoms with E-state index in [1.54, 1.807) is 7.11 Å². The first-order valence-electron chi connectivity index (χ1n) is 7.40. The maximum absolute atomic E-state index is 10.6. The van der Waals surface area contributed by atoms with Crippen LogP contribution in [0, 0.1) is 0 Å². The lowest BCUT2D eigenvalue weighted by molar-refractivity contribution is 0.181. The summed E-state index contributed by atoms with van der Waals surface area (Å²) < 4.78 is 5.26. The molecule has 0 bridgehead atoms. The van der Waals surface area contributed by atoms with Crippen LogP contribution in [0.3, 0.4) is 0 Å². The quantitative estimate of drug-likeness (QED) is 0.705. The maximum atomic E-state index is 10.6. The second-order valence-electron chi connectivity index (χ2n) is 5.56. The van der Waals surface area contributed by atoms with Crippen molar-refractivity contribution in [2.24, 2.45) is 0 Å². The summed E-state index contributed by atoms with van der Waals surface area (Å²) in [7, 11) is 1.62. The molecule has 1 heterocycles. The molecule has 1 amide bonds. The number of nitrogen functional groups attached to an aromatic ring is 1. The molecule has 0 radical (unpaired) electrons. The Morgan fingerprint density at radius 1 is 1.41 bits per heavy atom. The molecule has 22 heavy (non-hydrogen) atoms. The van der Waals surface area contributed by atoms with Gasteiger partial charge in [0.1, 0.15) is 5.75 Å². The van der Waals surface area contributed by atoms with Crippen molar-refractivity contribution in [2.45, 2.75) is 13.0 Å². The van der Waals surface area contributed by atoms with Crippen molar-refractivity contribution in [2.75, 3.05) is 50.5 Å². The molecule has 122 valence electrons. The highest BCUT2D eigenvalue weighted by Crippen LogP contribution is 2.27. The molecule has 7 heteroatoms. The number of rotatable bonds is 5. The molecule has 2 rings (SSSR count). The lowest BCUT2D eigenvalue weighted by Gasteiger charge is -2.37. The van der Waals surface area contributed by atoms with Crippen LogP contribution in [-0.2, 0) is 0 Å². The van der Waals surface area contributed by atoms with Crippen molar-refractivity contribution in [3.05, 3.63) is 18.2 Å². The normalized spacial score (nSPS) is 17.1. The number of hydrogen-bond acceptors (Lipinski definition) is 5. The van der Waals surface area contributed by atoms with Crippen molar-refractivity contribution in [3.8, 4) is 5.75 Å². The van der Waals surface area contributed by atoms with E-state index in [4.69, 9.17) is 15.6 Å². The number of hydrogen-bond donors (Lipinski definition) is 3. The molecular weight excluding hydrogens is 284 g/mol. The van der Waals surface area contributed by atoms with Gasteiger partial charge >= 0.3 is 6.09 Å². The van der Waals surface area contributed by atoms with Gasteiger partial charge in [-0.3, -0.25) is 4.90 Å². The summed E-state index contributed by atoms with van der Waals surface area (Å²) in [5, 5.41) is 11.2. The molecular formula is C15H24N4O3. The molecule has 0 aromatic heterocycles. The number of nitrogens with two attached hydrogens (primary N) is 1. The number of methoxy groups -OCH3 is 1. The number of anilines is 2. The molecule has 4 N–H and O–H groups in total. The van der Waals surface area contributed by atoms with E-state index in [0.29, 0.717) is 11.4 Å². The van der Waals surface area contributed by atoms with Gasteiger partial charge in [-0.05, 0) is 19.1 Å². The molecule has 1 fully saturated rings. The summed E-state index contributed by atoms with van der Waals surface area (Å²) in [5.41, 5.74) is 7.58. The summed E-state index contributed by atoms with van der Waals surface area (Å²) in [5.74, 6) is 0.694. The summed E-state index contributed by atoms with van der Waals surface area (Å²) in [4.78, 5) is 15.2. The summed E-state index contributed by atoms with van der Waals surface area (Å²) >= 11 is 0. The van der Waals surface area contributed by atoms with Crippen LogP contribution in [0.15, 0.2) is 18.2 Å². The number of nitrogens with one attached hydrogen (secondary N) is 1. The van der Waals surface area contributed by atoms with Crippen LogP contribution in [0.4, 0.5) is 16.2 Å². The fourth-order valence-electron chi connectivity index (χ4n) is 2.73. The van der Waals surface area contributed by atoms with Crippen LogP contribution in [0.2, 0.25) is 0 Å². The molecule has 7 nitrogen and oxygen atoms in total. The number of carbonyl (C=O) groups is 1. The first-order chi connectivity index (χ1) is 10.5. The molecule has 1 atom stereocenters. The van der Waals surface area contributed by atoms with Gasteiger partial charge in [-0.25, -0.2) is 4.79 Å². The average molecular weight is 308 g/mol. The zero-order chi connectivity index (χ0) is 16.1. The van der Waals surface area contributed by atoms with E-state index in [9.17, 15) is 4.79 Å². The second-order valence-corrected chi connectivity index (χ2v) is 5.56. The van der Waals surface area contributed by atoms with E-state index in [1.165, 1.54) is 0 Å². The first-order valence-corrected chi connectivity index (χ1v) is 7.40. The van der Waals surface area contributed by atoms with Crippen LogP contribution in [0.1, 0.15) is 6.92 Å². The fourth-order valence-corrected chi connectivity index (χ4v) is 2.73. The minimum Gasteiger partial charge on any atom is -0.495 e. The maximum Gasteiger partial charge on any atom is 0.404 e. The number of nitrogens with zero attached hydrogens (tertiary/aromatic N) is 2. The predicted octanol–water partition coefficient (Wildman–Crippen LogP) is 1.06. The van der Waals surface area contributed by atoms with E-state index in [-0.39, 0.29) is 6.04 Å². The molecule has 1 aromatic carbocycles. The highest BCUT2D eigenvalue weighted by molar-refractivity contribution is 5.64. The third-order valence-corrected chi connectivity index (χ3v) is 3.86. The second kappa shape index (κ2) is 7.22. The summed E-state index contributed by atoms with van der Waals surface area (Å²) in [6, 6.07) is 5.75. The Balaban J connectivity index is 1.88. The molecule has 0 spiro atoms. The molecule has 1 aliphatic rings. The van der Waals surface area contributed by atoms with Gasteiger partial charge in [-0.15, -0.1) is 0 Å². The molecule has 0 saturated carbocycles. The number of ether oxygens (including phenoxy) is 1. The topological polar surface area (TPSA) is 91.1 Å². The number of amides is 1. The fraction of sp³-hybridized carbons (Fsp3) is 0.533. The van der Waals surface area contributed by atoms with Crippen LogP contribution in [-0.4, -0.2) is 62.0 Å². The van der Waals surface area contributed by atoms with Gasteiger partial charge in [0.25, 0.3) is 0 Å². The van der Waals surface area contributed by atoms with Crippen LogP contribution >= 0.6 is 0 Å². The van der Waals surface area contributed by atoms with E-state index in [1.807, 2.05) is 25.1 Å². The largest absolute Gasteiger partial charge is 0.495 e. The molecule has 0 aliphatic carbocycles. The van der Waals surface area contributed by atoms with Crippen molar-refractivity contribution < 1.29 is 14.6 Å². The first kappa shape index (κ1) is 16.2. The molecule has 1 saturated heterocycles. The van der Waals surface area contributed by atoms with Crippen molar-refractivity contribution in [1.82, 2.24) is 10.2 Å². The monoisotopic (exact) mass is 308 g/mol. The Bertz CT molecular complexity index is 516. The lowest BCUT2D eigenvalue weighted by Crippen LogP contribution is -2.50. The molecule has 1 aromatic rings. The molecule has 1 unspecified atom stereocenters. The van der Waals surface area contributed by atoms with Crippen LogP contribution in [0.25, 0.3) is 0 Å². The smallest absolute Gasteiger partial charge is 0.404 e. The van der Waals surface area contributed by atoms with Crippen molar-refractivity contribution in [1.29, 1.82) is 0 Å². The zero-order valence-electron chi connectivity index (χ0n) is 13.1. The minimum absolute atomic E-state index is 0.0688. The van der Waals surface area contributed by atoms with Gasteiger partial charge in [0, 0.05) is 50.5 Å². The Morgan fingerprint density at radius 2 is 2.09 bits per heavy atom. The Labute approximate surface area is 130 Å². The van der Waals surface area contributed by atoms with E-state index in [2.05, 4.69) is 15.1 Å². The highest BCUT2D eigenvalue weighted by Gasteiger charge is 2.20. The van der Waals surface area contributed by atoms with E-state index >= 15 is 0 Å². The van der Waals surface area contributed by atoms with Gasteiger partial charge in [0.05, 0.1) is 12.8 Å². The van der Waals surface area contributed by atoms with Gasteiger partial charge in [-0.2, -0.15) is 0 Å².